The Kier molecular flexibility index (Phi) is 6.70. The summed E-state index contributed by atoms with van der Waals surface area (Å²) in [6, 6.07) is 13.2. The van der Waals surface area contributed by atoms with Gasteiger partial charge in [0.25, 0.3) is 0 Å². The number of nitrogens with zero attached hydrogens (tertiary/aromatic N) is 3. The molecule has 0 spiro atoms. The summed E-state index contributed by atoms with van der Waals surface area (Å²) in [4.78, 5) is 24.2. The molecule has 1 unspecified atom stereocenters. The van der Waals surface area contributed by atoms with Crippen LogP contribution in [-0.2, 0) is 17.8 Å². The van der Waals surface area contributed by atoms with Gasteiger partial charge in [0.2, 0.25) is 5.91 Å². The SMILES string of the molecule is NC(=O)NC(CC(=O)Nc1cccc(-c2nnc3n2CCCCC3)c1)c1ccc(Cl)cc1. The van der Waals surface area contributed by atoms with Crippen LogP contribution in [0.1, 0.15) is 43.1 Å². The van der Waals surface area contributed by atoms with Crippen LogP contribution in [0.25, 0.3) is 11.4 Å². The van der Waals surface area contributed by atoms with Gasteiger partial charge in [-0.1, -0.05) is 42.3 Å². The molecule has 0 radical (unpaired) electrons. The van der Waals surface area contributed by atoms with Crippen molar-refractivity contribution in [1.29, 1.82) is 0 Å². The topological polar surface area (TPSA) is 115 Å². The molecule has 4 N–H and O–H groups in total. The molecule has 1 aliphatic heterocycles. The lowest BCUT2D eigenvalue weighted by Gasteiger charge is -2.18. The van der Waals surface area contributed by atoms with Crippen LogP contribution in [0.4, 0.5) is 10.5 Å². The highest BCUT2D eigenvalue weighted by molar-refractivity contribution is 6.30. The third-order valence-corrected chi connectivity index (χ3v) is 5.74. The highest BCUT2D eigenvalue weighted by Gasteiger charge is 2.19. The quantitative estimate of drug-likeness (QED) is 0.523. The van der Waals surface area contributed by atoms with Gasteiger partial charge in [-0.15, -0.1) is 10.2 Å². The summed E-state index contributed by atoms with van der Waals surface area (Å²) in [6.07, 6.45) is 4.38. The molecule has 32 heavy (non-hydrogen) atoms. The van der Waals surface area contributed by atoms with Gasteiger partial charge in [0.15, 0.2) is 5.82 Å². The Morgan fingerprint density at radius 2 is 1.91 bits per heavy atom. The summed E-state index contributed by atoms with van der Waals surface area (Å²) in [5, 5.41) is 14.8. The maximum absolute atomic E-state index is 12.8. The smallest absolute Gasteiger partial charge is 0.312 e. The Morgan fingerprint density at radius 3 is 2.69 bits per heavy atom. The Hall–Kier alpha value is -3.39. The largest absolute Gasteiger partial charge is 0.352 e. The van der Waals surface area contributed by atoms with E-state index in [0.717, 1.165) is 48.6 Å². The fourth-order valence-electron chi connectivity index (χ4n) is 3.95. The minimum Gasteiger partial charge on any atom is -0.352 e. The van der Waals surface area contributed by atoms with Crippen molar-refractivity contribution in [2.75, 3.05) is 5.32 Å². The number of amides is 3. The highest BCUT2D eigenvalue weighted by atomic mass is 35.5. The van der Waals surface area contributed by atoms with E-state index in [1.807, 2.05) is 24.3 Å². The number of carbonyl (C=O) groups is 2. The third-order valence-electron chi connectivity index (χ3n) is 5.49. The summed E-state index contributed by atoms with van der Waals surface area (Å²) in [5.41, 5.74) is 7.59. The standard InChI is InChI=1S/C23H25ClN6O2/c24-17-10-8-15(9-11-17)19(27-23(25)32)14-21(31)26-18-6-4-5-16(13-18)22-29-28-20-7-2-1-3-12-30(20)22/h4-6,8-11,13,19H,1-3,7,12,14H2,(H,26,31)(H3,25,27,32). The number of halogens is 1. The second kappa shape index (κ2) is 9.82. The minimum absolute atomic E-state index is 0.0229. The van der Waals surface area contributed by atoms with E-state index in [-0.39, 0.29) is 12.3 Å². The summed E-state index contributed by atoms with van der Waals surface area (Å²) in [5.74, 6) is 1.57. The lowest BCUT2D eigenvalue weighted by atomic mass is 10.0. The lowest BCUT2D eigenvalue weighted by Crippen LogP contribution is -2.35. The van der Waals surface area contributed by atoms with Gasteiger partial charge >= 0.3 is 6.03 Å². The van der Waals surface area contributed by atoms with E-state index in [1.165, 1.54) is 6.42 Å². The number of hydrogen-bond acceptors (Lipinski definition) is 4. The molecule has 8 nitrogen and oxygen atoms in total. The molecule has 4 rings (SSSR count). The zero-order chi connectivity index (χ0) is 22.5. The number of anilines is 1. The van der Waals surface area contributed by atoms with Crippen LogP contribution in [0.5, 0.6) is 0 Å². The normalized spacial score (nSPS) is 14.2. The molecule has 2 aromatic carbocycles. The number of urea groups is 1. The molecular formula is C23H25ClN6O2. The fraction of sp³-hybridized carbons (Fsp3) is 0.304. The second-order valence-electron chi connectivity index (χ2n) is 7.85. The van der Waals surface area contributed by atoms with Gasteiger partial charge in [0.1, 0.15) is 5.82 Å². The molecule has 0 fully saturated rings. The van der Waals surface area contributed by atoms with Crippen molar-refractivity contribution in [3.05, 3.63) is 64.9 Å². The van der Waals surface area contributed by atoms with E-state index < -0.39 is 12.1 Å². The van der Waals surface area contributed by atoms with Crippen molar-refractivity contribution in [2.45, 2.75) is 44.7 Å². The summed E-state index contributed by atoms with van der Waals surface area (Å²) >= 11 is 5.94. The Morgan fingerprint density at radius 1 is 1.09 bits per heavy atom. The van der Waals surface area contributed by atoms with Crippen LogP contribution in [0.3, 0.4) is 0 Å². The Labute approximate surface area is 191 Å². The number of carbonyl (C=O) groups excluding carboxylic acids is 2. The first kappa shape index (κ1) is 21.8. The number of nitrogens with one attached hydrogen (secondary N) is 2. The van der Waals surface area contributed by atoms with E-state index in [4.69, 9.17) is 17.3 Å². The first-order valence-corrected chi connectivity index (χ1v) is 11.0. The average Bonchev–Trinajstić information content (AvgIpc) is 3.02. The van der Waals surface area contributed by atoms with Gasteiger partial charge in [-0.2, -0.15) is 0 Å². The molecule has 3 amide bonds. The number of hydrogen-bond donors (Lipinski definition) is 3. The molecule has 2 heterocycles. The van der Waals surface area contributed by atoms with Crippen LogP contribution in [0.2, 0.25) is 5.02 Å². The first-order valence-electron chi connectivity index (χ1n) is 10.6. The van der Waals surface area contributed by atoms with Crippen molar-refractivity contribution >= 4 is 29.2 Å². The van der Waals surface area contributed by atoms with Crippen LogP contribution in [0.15, 0.2) is 48.5 Å². The predicted octanol–water partition coefficient (Wildman–Crippen LogP) is 4.06. The molecule has 0 aliphatic carbocycles. The molecular weight excluding hydrogens is 428 g/mol. The van der Waals surface area contributed by atoms with Gasteiger partial charge in [-0.05, 0) is 42.7 Å². The van der Waals surface area contributed by atoms with Crippen LogP contribution < -0.4 is 16.4 Å². The molecule has 1 atom stereocenters. The third kappa shape index (κ3) is 5.26. The van der Waals surface area contributed by atoms with Gasteiger partial charge in [0, 0.05) is 29.2 Å². The van der Waals surface area contributed by atoms with Crippen LogP contribution >= 0.6 is 11.6 Å². The number of nitrogens with two attached hydrogens (primary N) is 1. The van der Waals surface area contributed by atoms with Crippen molar-refractivity contribution in [3.63, 3.8) is 0 Å². The minimum atomic E-state index is -0.702. The van der Waals surface area contributed by atoms with Crippen LogP contribution in [0, 0.1) is 0 Å². The second-order valence-corrected chi connectivity index (χ2v) is 8.28. The molecule has 0 bridgehead atoms. The number of rotatable bonds is 6. The van der Waals surface area contributed by atoms with Gasteiger partial charge in [-0.3, -0.25) is 4.79 Å². The van der Waals surface area contributed by atoms with E-state index in [0.29, 0.717) is 10.7 Å². The Bertz CT molecular complexity index is 1110. The number of aryl methyl sites for hydroxylation is 1. The number of fused-ring (bicyclic) bond motifs is 1. The fourth-order valence-corrected chi connectivity index (χ4v) is 4.08. The van der Waals surface area contributed by atoms with Gasteiger partial charge < -0.3 is 20.9 Å². The summed E-state index contributed by atoms with van der Waals surface area (Å²) in [7, 11) is 0. The average molecular weight is 453 g/mol. The molecule has 9 heteroatoms. The predicted molar refractivity (Wildman–Crippen MR) is 123 cm³/mol. The summed E-state index contributed by atoms with van der Waals surface area (Å²) < 4.78 is 2.17. The zero-order valence-electron chi connectivity index (χ0n) is 17.6. The molecule has 3 aromatic rings. The van der Waals surface area contributed by atoms with Crippen molar-refractivity contribution in [1.82, 2.24) is 20.1 Å². The van der Waals surface area contributed by atoms with E-state index in [9.17, 15) is 9.59 Å². The first-order chi connectivity index (χ1) is 15.5. The maximum Gasteiger partial charge on any atom is 0.312 e. The monoisotopic (exact) mass is 452 g/mol. The van der Waals surface area contributed by atoms with E-state index in [1.54, 1.807) is 24.3 Å². The number of aromatic nitrogens is 3. The molecule has 166 valence electrons. The highest BCUT2D eigenvalue weighted by Crippen LogP contribution is 2.26. The summed E-state index contributed by atoms with van der Waals surface area (Å²) in [6.45, 7) is 0.899. The van der Waals surface area contributed by atoms with Gasteiger partial charge in [-0.25, -0.2) is 4.79 Å². The van der Waals surface area contributed by atoms with Crippen molar-refractivity contribution < 1.29 is 9.59 Å². The van der Waals surface area contributed by atoms with E-state index >= 15 is 0 Å². The lowest BCUT2D eigenvalue weighted by molar-refractivity contribution is -0.116. The molecule has 1 aromatic heterocycles. The molecule has 1 aliphatic rings. The van der Waals surface area contributed by atoms with Crippen LogP contribution in [-0.4, -0.2) is 26.7 Å². The Balaban J connectivity index is 1.49. The van der Waals surface area contributed by atoms with Gasteiger partial charge in [0.05, 0.1) is 12.5 Å². The zero-order valence-corrected chi connectivity index (χ0v) is 18.3. The molecule has 0 saturated carbocycles. The molecule has 0 saturated heterocycles. The van der Waals surface area contributed by atoms with E-state index in [2.05, 4.69) is 25.4 Å². The number of primary amides is 1. The maximum atomic E-state index is 12.8. The number of benzene rings is 2. The van der Waals surface area contributed by atoms with Crippen molar-refractivity contribution in [3.8, 4) is 11.4 Å². The van der Waals surface area contributed by atoms with Crippen molar-refractivity contribution in [2.24, 2.45) is 5.73 Å².